The van der Waals surface area contributed by atoms with Crippen LogP contribution in [0, 0.1) is 0 Å². The minimum atomic E-state index is -0.378. The number of rotatable bonds is 6. The maximum atomic E-state index is 12.9. The molecule has 0 aromatic heterocycles. The number of anilines is 2. The fraction of sp³-hybridized carbons (Fsp3) is 0.0968. The van der Waals surface area contributed by atoms with E-state index in [1.807, 2.05) is 36.4 Å². The number of hydrogen-bond donors (Lipinski definition) is 0. The van der Waals surface area contributed by atoms with Crippen LogP contribution in [0.2, 0.25) is 0 Å². The minimum Gasteiger partial charge on any atom is -0.274 e. The second-order valence-corrected chi connectivity index (χ2v) is 8.56. The summed E-state index contributed by atoms with van der Waals surface area (Å²) in [6.45, 7) is 2.73. The van der Waals surface area contributed by atoms with Gasteiger partial charge in [0, 0.05) is 25.0 Å². The van der Waals surface area contributed by atoms with Gasteiger partial charge in [0.2, 0.25) is 11.8 Å². The highest BCUT2D eigenvalue weighted by atomic mass is 16.2. The fourth-order valence-electron chi connectivity index (χ4n) is 4.07. The Kier molecular flexibility index (Phi) is 7.69. The molecule has 0 unspecified atom stereocenters. The molecule has 0 aliphatic carbocycles. The molecule has 37 heavy (non-hydrogen) atoms. The van der Waals surface area contributed by atoms with E-state index < -0.39 is 0 Å². The average molecular weight is 491 g/mol. The molecule has 0 fully saturated rings. The predicted molar refractivity (Wildman–Crippen MR) is 144 cm³/mol. The number of hydrogen-bond acceptors (Lipinski definition) is 4. The van der Waals surface area contributed by atoms with Crippen LogP contribution in [0.1, 0.15) is 45.7 Å². The van der Waals surface area contributed by atoms with Gasteiger partial charge in [-0.1, -0.05) is 60.7 Å². The Balaban J connectivity index is 1.49. The lowest BCUT2D eigenvalue weighted by Crippen LogP contribution is -2.35. The van der Waals surface area contributed by atoms with E-state index in [0.717, 1.165) is 20.9 Å². The summed E-state index contributed by atoms with van der Waals surface area (Å²) in [7, 11) is 0. The maximum Gasteiger partial charge on any atom is 0.265 e. The van der Waals surface area contributed by atoms with E-state index in [4.69, 9.17) is 0 Å². The zero-order valence-corrected chi connectivity index (χ0v) is 20.6. The number of amides is 4. The fourth-order valence-corrected chi connectivity index (χ4v) is 4.07. The Labute approximate surface area is 215 Å². The molecule has 0 saturated heterocycles. The summed E-state index contributed by atoms with van der Waals surface area (Å²) in [5.41, 5.74) is 3.83. The zero-order valence-electron chi connectivity index (χ0n) is 20.6. The van der Waals surface area contributed by atoms with Gasteiger partial charge in [-0.25, -0.2) is 9.80 Å². The maximum absolute atomic E-state index is 12.9. The second kappa shape index (κ2) is 11.3. The van der Waals surface area contributed by atoms with Crippen LogP contribution in [0.3, 0.4) is 0 Å². The van der Waals surface area contributed by atoms with Crippen molar-refractivity contribution in [2.45, 2.75) is 20.3 Å². The Morgan fingerprint density at radius 1 is 0.486 bits per heavy atom. The van der Waals surface area contributed by atoms with E-state index in [1.165, 1.54) is 13.8 Å². The van der Waals surface area contributed by atoms with Crippen molar-refractivity contribution in [2.24, 2.45) is 0 Å². The summed E-state index contributed by atoms with van der Waals surface area (Å²) in [4.78, 5) is 52.6. The van der Waals surface area contributed by atoms with Crippen molar-refractivity contribution >= 4 is 35.0 Å². The topological polar surface area (TPSA) is 74.8 Å². The van der Waals surface area contributed by atoms with Crippen LogP contribution in [-0.2, 0) is 16.0 Å². The zero-order chi connectivity index (χ0) is 26.4. The van der Waals surface area contributed by atoms with Gasteiger partial charge in [0.25, 0.3) is 11.8 Å². The highest BCUT2D eigenvalue weighted by molar-refractivity contribution is 6.21. The lowest BCUT2D eigenvalue weighted by Gasteiger charge is -2.20. The quantitative estimate of drug-likeness (QED) is 0.349. The largest absolute Gasteiger partial charge is 0.274 e. The summed E-state index contributed by atoms with van der Waals surface area (Å²) >= 11 is 0. The molecule has 4 aromatic carbocycles. The summed E-state index contributed by atoms with van der Waals surface area (Å²) in [6, 6.07) is 31.9. The second-order valence-electron chi connectivity index (χ2n) is 8.56. The molecule has 6 heteroatoms. The van der Waals surface area contributed by atoms with Gasteiger partial charge in [0.1, 0.15) is 0 Å². The van der Waals surface area contributed by atoms with Crippen LogP contribution >= 0.6 is 0 Å². The highest BCUT2D eigenvalue weighted by Crippen LogP contribution is 2.23. The first-order chi connectivity index (χ1) is 17.8. The number of nitrogens with zero attached hydrogens (tertiary/aromatic N) is 2. The van der Waals surface area contributed by atoms with Gasteiger partial charge in [-0.05, 0) is 66.1 Å². The third-order valence-corrected chi connectivity index (χ3v) is 5.87. The number of benzene rings is 4. The summed E-state index contributed by atoms with van der Waals surface area (Å²) < 4.78 is 0. The van der Waals surface area contributed by atoms with Crippen LogP contribution in [0.4, 0.5) is 11.4 Å². The lowest BCUT2D eigenvalue weighted by molar-refractivity contribution is -0.116. The van der Waals surface area contributed by atoms with Crippen LogP contribution < -0.4 is 9.80 Å². The van der Waals surface area contributed by atoms with Gasteiger partial charge in [0.05, 0.1) is 11.4 Å². The van der Waals surface area contributed by atoms with Crippen molar-refractivity contribution in [1.82, 2.24) is 0 Å². The van der Waals surface area contributed by atoms with E-state index in [1.54, 1.807) is 72.8 Å². The summed E-state index contributed by atoms with van der Waals surface area (Å²) in [6.07, 6.45) is 0.597. The SMILES string of the molecule is CC(=O)N(C(=O)c1ccccc1)c1ccc(Cc2ccc(N(C(C)=O)C(=O)c3ccccc3)cc2)cc1. The third-order valence-electron chi connectivity index (χ3n) is 5.87. The molecule has 0 heterocycles. The molecule has 0 N–H and O–H groups in total. The van der Waals surface area contributed by atoms with Crippen molar-refractivity contribution in [3.63, 3.8) is 0 Å². The van der Waals surface area contributed by atoms with E-state index in [-0.39, 0.29) is 23.6 Å². The Bertz CT molecular complexity index is 1300. The Hall–Kier alpha value is -4.84. The van der Waals surface area contributed by atoms with Crippen LogP contribution in [0.5, 0.6) is 0 Å². The van der Waals surface area contributed by atoms with E-state index >= 15 is 0 Å². The molecule has 0 spiro atoms. The van der Waals surface area contributed by atoms with Gasteiger partial charge < -0.3 is 0 Å². The van der Waals surface area contributed by atoms with Gasteiger partial charge in [-0.3, -0.25) is 19.2 Å². The van der Waals surface area contributed by atoms with Gasteiger partial charge >= 0.3 is 0 Å². The van der Waals surface area contributed by atoms with Crippen molar-refractivity contribution < 1.29 is 19.2 Å². The van der Waals surface area contributed by atoms with Crippen LogP contribution in [-0.4, -0.2) is 23.6 Å². The van der Waals surface area contributed by atoms with Crippen molar-refractivity contribution in [1.29, 1.82) is 0 Å². The van der Waals surface area contributed by atoms with Crippen molar-refractivity contribution in [2.75, 3.05) is 9.80 Å². The first kappa shape index (κ1) is 25.3. The smallest absolute Gasteiger partial charge is 0.265 e. The van der Waals surface area contributed by atoms with E-state index in [2.05, 4.69) is 0 Å². The third kappa shape index (κ3) is 5.87. The van der Waals surface area contributed by atoms with Crippen LogP contribution in [0.25, 0.3) is 0 Å². The Morgan fingerprint density at radius 3 is 1.11 bits per heavy atom. The predicted octanol–water partition coefficient (Wildman–Crippen LogP) is 5.66. The molecule has 4 aromatic rings. The highest BCUT2D eigenvalue weighted by Gasteiger charge is 2.23. The molecular weight excluding hydrogens is 464 g/mol. The molecule has 0 radical (unpaired) electrons. The molecule has 184 valence electrons. The first-order valence-corrected chi connectivity index (χ1v) is 11.8. The van der Waals surface area contributed by atoms with Crippen LogP contribution in [0.15, 0.2) is 109 Å². The lowest BCUT2D eigenvalue weighted by atomic mass is 10.0. The van der Waals surface area contributed by atoms with E-state index in [9.17, 15) is 19.2 Å². The average Bonchev–Trinajstić information content (AvgIpc) is 2.91. The number of carbonyl (C=O) groups is 4. The molecule has 0 saturated carbocycles. The summed E-state index contributed by atoms with van der Waals surface area (Å²) in [5, 5.41) is 0. The van der Waals surface area contributed by atoms with Gasteiger partial charge in [-0.2, -0.15) is 0 Å². The molecule has 6 nitrogen and oxygen atoms in total. The molecule has 0 aliphatic heterocycles. The Morgan fingerprint density at radius 2 is 0.811 bits per heavy atom. The standard InChI is InChI=1S/C31H26N2O4/c1-22(34)32(30(36)26-9-5-3-6-10-26)28-17-13-24(14-18-28)21-25-15-19-29(20-16-25)33(23(2)35)31(37)27-11-7-4-8-12-27/h3-20H,21H2,1-2H3. The van der Waals surface area contributed by atoms with Gasteiger partial charge in [0.15, 0.2) is 0 Å². The normalized spacial score (nSPS) is 10.4. The molecule has 4 amide bonds. The van der Waals surface area contributed by atoms with Crippen molar-refractivity contribution in [3.8, 4) is 0 Å². The van der Waals surface area contributed by atoms with E-state index in [0.29, 0.717) is 28.9 Å². The summed E-state index contributed by atoms with van der Waals surface area (Å²) in [5.74, 6) is -1.48. The molecule has 0 aliphatic rings. The van der Waals surface area contributed by atoms with Gasteiger partial charge in [-0.15, -0.1) is 0 Å². The molecular formula is C31H26N2O4. The number of carbonyl (C=O) groups excluding carboxylic acids is 4. The number of imide groups is 2. The molecule has 0 atom stereocenters. The molecule has 4 rings (SSSR count). The minimum absolute atomic E-state index is 0.364. The molecule has 0 bridgehead atoms. The monoisotopic (exact) mass is 490 g/mol. The van der Waals surface area contributed by atoms with Crippen molar-refractivity contribution in [3.05, 3.63) is 131 Å². The first-order valence-electron chi connectivity index (χ1n) is 11.8.